The van der Waals surface area contributed by atoms with E-state index in [1.165, 1.54) is 7.11 Å². The van der Waals surface area contributed by atoms with E-state index in [1.54, 1.807) is 61.7 Å². The summed E-state index contributed by atoms with van der Waals surface area (Å²) >= 11 is 0. The highest BCUT2D eigenvalue weighted by Gasteiger charge is 2.76. The summed E-state index contributed by atoms with van der Waals surface area (Å²) in [4.78, 5) is 73.4. The summed E-state index contributed by atoms with van der Waals surface area (Å²) in [6.45, 7) is -0.721. The monoisotopic (exact) mass is 951 g/mol. The number of rotatable bonds is 13. The lowest BCUT2D eigenvalue weighted by atomic mass is 9.65. The normalized spacial score (nSPS) is 21.2. The molecule has 3 N–H and O–H groups in total. The molecule has 0 bridgehead atoms. The number of carbonyl (C=O) groups excluding carboxylic acids is 4. The van der Waals surface area contributed by atoms with Crippen LogP contribution in [0.2, 0.25) is 0 Å². The van der Waals surface area contributed by atoms with Crippen LogP contribution in [0.3, 0.4) is 0 Å². The van der Waals surface area contributed by atoms with Crippen LogP contribution in [0.25, 0.3) is 11.0 Å². The van der Waals surface area contributed by atoms with Crippen molar-refractivity contribution in [1.29, 1.82) is 0 Å². The number of hydrogen-bond acceptors (Lipinski definition) is 12. The molecule has 7 aromatic rings. The number of benzene rings is 6. The lowest BCUT2D eigenvalue weighted by Crippen LogP contribution is -2.55. The van der Waals surface area contributed by atoms with Crippen LogP contribution in [0.15, 0.2) is 152 Å². The van der Waals surface area contributed by atoms with Gasteiger partial charge in [-0.05, 0) is 77.4 Å². The van der Waals surface area contributed by atoms with Crippen molar-refractivity contribution in [2.75, 3.05) is 45.5 Å². The fourth-order valence-electron chi connectivity index (χ4n) is 10.4. The first kappa shape index (κ1) is 46.4. The van der Waals surface area contributed by atoms with Crippen molar-refractivity contribution < 1.29 is 48.0 Å². The summed E-state index contributed by atoms with van der Waals surface area (Å²) in [6, 6.07) is 41.9. The van der Waals surface area contributed by atoms with E-state index in [4.69, 9.17) is 28.7 Å². The number of nitrogens with one attached hydrogen (secondary N) is 2. The van der Waals surface area contributed by atoms with E-state index in [-0.39, 0.29) is 50.0 Å². The van der Waals surface area contributed by atoms with Crippen molar-refractivity contribution in [3.05, 3.63) is 191 Å². The number of H-pyrrole nitrogens is 1. The highest BCUT2D eigenvalue weighted by molar-refractivity contribution is 6.23. The Labute approximate surface area is 409 Å². The van der Waals surface area contributed by atoms with Crippen molar-refractivity contribution >= 4 is 40.6 Å². The highest BCUT2D eigenvalue weighted by atomic mass is 16.6. The number of imide groups is 1. The molecule has 6 atom stereocenters. The largest absolute Gasteiger partial charge is 0.497 e. The Kier molecular flexibility index (Phi) is 13.1. The molecule has 15 heteroatoms. The zero-order chi connectivity index (χ0) is 49.1. The summed E-state index contributed by atoms with van der Waals surface area (Å²) in [5, 5.41) is 13.2. The molecular formula is C56H49N5O10. The van der Waals surface area contributed by atoms with E-state index >= 15 is 14.4 Å². The van der Waals surface area contributed by atoms with Crippen molar-refractivity contribution in [1.82, 2.24) is 20.2 Å². The summed E-state index contributed by atoms with van der Waals surface area (Å²) in [5.74, 6) is 3.92. The van der Waals surface area contributed by atoms with Crippen LogP contribution >= 0.6 is 0 Å². The van der Waals surface area contributed by atoms with E-state index in [0.29, 0.717) is 39.3 Å². The van der Waals surface area contributed by atoms with Crippen molar-refractivity contribution in [3.8, 4) is 23.3 Å². The molecule has 3 aliphatic heterocycles. The van der Waals surface area contributed by atoms with Gasteiger partial charge in [0.1, 0.15) is 48.1 Å². The first-order valence-electron chi connectivity index (χ1n) is 23.2. The quantitative estimate of drug-likeness (QED) is 0.0607. The zero-order valence-electron chi connectivity index (χ0n) is 38.8. The molecule has 2 saturated heterocycles. The van der Waals surface area contributed by atoms with E-state index < -0.39 is 59.4 Å². The van der Waals surface area contributed by atoms with Gasteiger partial charge in [0.25, 0.3) is 0 Å². The Balaban J connectivity index is 1.26. The van der Waals surface area contributed by atoms with E-state index in [1.807, 2.05) is 102 Å². The molecule has 0 aliphatic carbocycles. The van der Waals surface area contributed by atoms with Crippen LogP contribution in [-0.2, 0) is 40.6 Å². The van der Waals surface area contributed by atoms with Gasteiger partial charge in [-0.3, -0.25) is 19.3 Å². The van der Waals surface area contributed by atoms with Gasteiger partial charge < -0.3 is 39.1 Å². The fraction of sp³-hybridized carbons (Fsp3) is 0.232. The van der Waals surface area contributed by atoms with Crippen LogP contribution in [0.1, 0.15) is 57.4 Å². The number of aromatic amines is 1. The van der Waals surface area contributed by atoms with Crippen LogP contribution in [0, 0.1) is 17.8 Å². The fourth-order valence-corrected chi connectivity index (χ4v) is 10.4. The molecule has 10 rings (SSSR count). The minimum absolute atomic E-state index is 0.0397. The topological polar surface area (TPSA) is 182 Å². The van der Waals surface area contributed by atoms with Gasteiger partial charge in [-0.2, -0.15) is 0 Å². The second kappa shape index (κ2) is 20.0. The number of aliphatic hydroxyl groups excluding tert-OH is 1. The van der Waals surface area contributed by atoms with Crippen LogP contribution in [-0.4, -0.2) is 90.5 Å². The SMILES string of the molecule is COCCOC(=O)N1C(=O)[C@@]2(c3cc(C#Cc4ccc(OC)cc4)ccc31)[C@H](c1ccccc1OCCO)N1[C@H](c3ccccc3)[C@H](c3ccccc3)OC(=O)[C@H]1[C@@H]2C(=O)NCc1nc2ccccc2[nH]1. The number of imidazole rings is 1. The molecule has 0 radical (unpaired) electrons. The molecular weight excluding hydrogens is 903 g/mol. The molecule has 0 unspecified atom stereocenters. The number of morpholine rings is 1. The number of para-hydroxylation sites is 3. The standard InChI is InChI=1S/C56H49N5O10/c1-67-31-32-70-55(66)60-44-28-25-36(22-21-35-23-26-39(68-2)27-24-35)33-41(44)56(54(60)65)47(52(63)57-34-46-58-42-18-10-11-19-43(42)59-46)49-53(64)71-50(38-15-7-4-8-16-38)48(37-13-5-3-6-14-37)61(49)51(56)40-17-9-12-20-45(40)69-30-29-62/h3-20,23-28,33,47-51,62H,29-32,34H2,1-2H3,(H,57,63)(H,58,59)/t47-,48-,49-,50+,51+,56-/m1/s1. The number of aromatic nitrogens is 2. The lowest BCUT2D eigenvalue weighted by molar-refractivity contribution is -0.178. The van der Waals surface area contributed by atoms with Gasteiger partial charge in [0, 0.05) is 23.8 Å². The predicted octanol–water partition coefficient (Wildman–Crippen LogP) is 7.11. The predicted molar refractivity (Wildman–Crippen MR) is 261 cm³/mol. The maximum absolute atomic E-state index is 16.6. The second-order valence-corrected chi connectivity index (χ2v) is 17.3. The molecule has 6 aromatic carbocycles. The van der Waals surface area contributed by atoms with Crippen molar-refractivity contribution in [2.45, 2.75) is 36.2 Å². The van der Waals surface area contributed by atoms with Crippen LogP contribution in [0.5, 0.6) is 11.5 Å². The molecule has 1 spiro atoms. The Morgan fingerprint density at radius 2 is 1.48 bits per heavy atom. The van der Waals surface area contributed by atoms with Crippen molar-refractivity contribution in [3.63, 3.8) is 0 Å². The van der Waals surface area contributed by atoms with Gasteiger partial charge >= 0.3 is 12.1 Å². The lowest BCUT2D eigenvalue weighted by Gasteiger charge is -2.46. The number of methoxy groups -OCH3 is 2. The number of ether oxygens (including phenoxy) is 5. The van der Waals surface area contributed by atoms with Gasteiger partial charge in [0.15, 0.2) is 0 Å². The Morgan fingerprint density at radius 1 is 0.789 bits per heavy atom. The van der Waals surface area contributed by atoms with Gasteiger partial charge in [-0.25, -0.2) is 14.7 Å². The van der Waals surface area contributed by atoms with Crippen molar-refractivity contribution in [2.24, 2.45) is 5.92 Å². The molecule has 0 saturated carbocycles. The van der Waals surface area contributed by atoms with Gasteiger partial charge in [0.05, 0.1) is 61.6 Å². The first-order chi connectivity index (χ1) is 34.8. The Bertz CT molecular complexity index is 3140. The van der Waals surface area contributed by atoms with Crippen LogP contribution < -0.4 is 19.7 Å². The maximum Gasteiger partial charge on any atom is 0.421 e. The molecule has 1 aromatic heterocycles. The number of anilines is 1. The third-order valence-electron chi connectivity index (χ3n) is 13.3. The van der Waals surface area contributed by atoms with Gasteiger partial charge in [0.2, 0.25) is 11.8 Å². The number of aliphatic hydroxyl groups is 1. The number of hydrogen-bond donors (Lipinski definition) is 3. The minimum atomic E-state index is -2.13. The number of cyclic esters (lactones) is 1. The Morgan fingerprint density at radius 3 is 2.21 bits per heavy atom. The summed E-state index contributed by atoms with van der Waals surface area (Å²) in [6.07, 6.45) is -1.97. The molecule has 358 valence electrons. The third-order valence-corrected chi connectivity index (χ3v) is 13.3. The molecule has 3 amide bonds. The van der Waals surface area contributed by atoms with E-state index in [2.05, 4.69) is 22.1 Å². The number of fused-ring (bicyclic) bond motifs is 4. The average molecular weight is 952 g/mol. The smallest absolute Gasteiger partial charge is 0.421 e. The van der Waals surface area contributed by atoms with Gasteiger partial charge in [-0.15, -0.1) is 0 Å². The van der Waals surface area contributed by atoms with E-state index in [9.17, 15) is 9.90 Å². The number of amides is 3. The van der Waals surface area contributed by atoms with E-state index in [0.717, 1.165) is 16.0 Å². The summed E-state index contributed by atoms with van der Waals surface area (Å²) in [5.41, 5.74) is 2.58. The molecule has 2 fully saturated rings. The summed E-state index contributed by atoms with van der Waals surface area (Å²) < 4.78 is 29.2. The second-order valence-electron chi connectivity index (χ2n) is 17.3. The number of nitrogens with zero attached hydrogens (tertiary/aromatic N) is 3. The molecule has 15 nitrogen and oxygen atoms in total. The third kappa shape index (κ3) is 8.41. The zero-order valence-corrected chi connectivity index (χ0v) is 38.8. The first-order valence-corrected chi connectivity index (χ1v) is 23.2. The maximum atomic E-state index is 16.6. The molecule has 4 heterocycles. The minimum Gasteiger partial charge on any atom is -0.497 e. The highest BCUT2D eigenvalue weighted by Crippen LogP contribution is 2.66. The average Bonchev–Trinajstić information content (AvgIpc) is 4.05. The number of esters is 1. The summed E-state index contributed by atoms with van der Waals surface area (Å²) in [7, 11) is 3.04. The number of carbonyl (C=O) groups is 4. The molecule has 3 aliphatic rings. The van der Waals surface area contributed by atoms with Crippen LogP contribution in [0.4, 0.5) is 10.5 Å². The van der Waals surface area contributed by atoms with Gasteiger partial charge in [-0.1, -0.05) is 103 Å². The molecule has 71 heavy (non-hydrogen) atoms. The Hall–Kier alpha value is -8.29.